The van der Waals surface area contributed by atoms with E-state index in [4.69, 9.17) is 10.6 Å². The molecule has 2 rings (SSSR count). The Bertz CT molecular complexity index is 466. The van der Waals surface area contributed by atoms with Gasteiger partial charge in [0.25, 0.3) is 5.56 Å². The minimum atomic E-state index is -0.466. The average molecular weight is 227 g/mol. The molecule has 1 aromatic heterocycles. The maximum Gasteiger partial charge on any atom is 0.330 e. The maximum absolute atomic E-state index is 11.5. The van der Waals surface area contributed by atoms with Crippen LogP contribution in [0.5, 0.6) is 0 Å². The molecule has 16 heavy (non-hydrogen) atoms. The lowest BCUT2D eigenvalue weighted by Gasteiger charge is -2.14. The van der Waals surface area contributed by atoms with Gasteiger partial charge in [-0.05, 0) is 12.8 Å². The predicted octanol–water partition coefficient (Wildman–Crippen LogP) is -0.896. The van der Waals surface area contributed by atoms with Crippen LogP contribution in [0.2, 0.25) is 0 Å². The first-order valence-corrected chi connectivity index (χ1v) is 4.99. The van der Waals surface area contributed by atoms with Crippen molar-refractivity contribution in [3.05, 3.63) is 33.1 Å². The second kappa shape index (κ2) is 4.60. The molecule has 1 fully saturated rings. The van der Waals surface area contributed by atoms with Crippen molar-refractivity contribution < 1.29 is 9.57 Å². The van der Waals surface area contributed by atoms with Gasteiger partial charge in [-0.25, -0.2) is 10.7 Å². The fourth-order valence-electron chi connectivity index (χ4n) is 1.78. The Balaban J connectivity index is 2.14. The fourth-order valence-corrected chi connectivity index (χ4v) is 1.78. The first-order valence-electron chi connectivity index (χ1n) is 4.99. The van der Waals surface area contributed by atoms with Crippen molar-refractivity contribution >= 4 is 0 Å². The molecule has 0 amide bonds. The summed E-state index contributed by atoms with van der Waals surface area (Å²) in [6.45, 7) is 0.300. The van der Waals surface area contributed by atoms with E-state index in [-0.39, 0.29) is 12.3 Å². The predicted molar refractivity (Wildman–Crippen MR) is 54.6 cm³/mol. The molecule has 3 N–H and O–H groups in total. The molecule has 1 aromatic rings. The van der Waals surface area contributed by atoms with Crippen LogP contribution in [0.3, 0.4) is 0 Å². The van der Waals surface area contributed by atoms with Crippen molar-refractivity contribution in [1.82, 2.24) is 9.55 Å². The number of hydrogen-bond donors (Lipinski definition) is 2. The quantitative estimate of drug-likeness (QED) is 0.652. The standard InChI is InChI=1S/C9H13N3O4/c10-15-5-6-1-2-8(16-6)12-4-3-7(13)11-9(12)14/h3-4,6,8H,1-2,5,10H2,(H,11,13,14). The Morgan fingerprint density at radius 1 is 1.56 bits per heavy atom. The monoisotopic (exact) mass is 227 g/mol. The van der Waals surface area contributed by atoms with Crippen LogP contribution in [-0.4, -0.2) is 22.3 Å². The molecular weight excluding hydrogens is 214 g/mol. The zero-order chi connectivity index (χ0) is 11.5. The minimum absolute atomic E-state index is 0.103. The van der Waals surface area contributed by atoms with Gasteiger partial charge >= 0.3 is 5.69 Å². The van der Waals surface area contributed by atoms with Gasteiger partial charge in [0.1, 0.15) is 6.23 Å². The van der Waals surface area contributed by atoms with Crippen LogP contribution in [0.1, 0.15) is 19.1 Å². The molecule has 1 saturated heterocycles. The van der Waals surface area contributed by atoms with Crippen LogP contribution in [0.4, 0.5) is 0 Å². The molecule has 2 unspecified atom stereocenters. The Morgan fingerprint density at radius 2 is 2.38 bits per heavy atom. The van der Waals surface area contributed by atoms with Crippen LogP contribution in [0, 0.1) is 0 Å². The average Bonchev–Trinajstić information content (AvgIpc) is 2.67. The van der Waals surface area contributed by atoms with Crippen LogP contribution in [0.25, 0.3) is 0 Å². The molecule has 2 heterocycles. The van der Waals surface area contributed by atoms with Gasteiger partial charge in [-0.1, -0.05) is 0 Å². The topological polar surface area (TPSA) is 99.3 Å². The number of hydrogen-bond acceptors (Lipinski definition) is 5. The molecule has 0 saturated carbocycles. The van der Waals surface area contributed by atoms with Crippen LogP contribution >= 0.6 is 0 Å². The molecule has 1 aliphatic rings. The maximum atomic E-state index is 11.5. The van der Waals surface area contributed by atoms with Crippen molar-refractivity contribution in [2.75, 3.05) is 6.61 Å². The van der Waals surface area contributed by atoms with E-state index in [0.717, 1.165) is 6.42 Å². The first kappa shape index (κ1) is 11.1. The zero-order valence-electron chi connectivity index (χ0n) is 8.59. The highest BCUT2D eigenvalue weighted by Gasteiger charge is 2.27. The Morgan fingerprint density at radius 3 is 3.06 bits per heavy atom. The van der Waals surface area contributed by atoms with E-state index < -0.39 is 11.2 Å². The van der Waals surface area contributed by atoms with Crippen LogP contribution in [-0.2, 0) is 9.57 Å². The van der Waals surface area contributed by atoms with Gasteiger partial charge in [0, 0.05) is 12.3 Å². The summed E-state index contributed by atoms with van der Waals surface area (Å²) >= 11 is 0. The van der Waals surface area contributed by atoms with Gasteiger partial charge in [0.05, 0.1) is 12.7 Å². The number of aromatic nitrogens is 2. The summed E-state index contributed by atoms with van der Waals surface area (Å²) in [7, 11) is 0. The number of ether oxygens (including phenoxy) is 1. The van der Waals surface area contributed by atoms with Gasteiger partial charge in [-0.2, -0.15) is 0 Å². The number of nitrogens with zero attached hydrogens (tertiary/aromatic N) is 1. The highest BCUT2D eigenvalue weighted by atomic mass is 16.6. The summed E-state index contributed by atoms with van der Waals surface area (Å²) in [6.07, 6.45) is 2.43. The van der Waals surface area contributed by atoms with E-state index in [1.807, 2.05) is 0 Å². The summed E-state index contributed by atoms with van der Waals surface area (Å²) < 4.78 is 6.90. The van der Waals surface area contributed by atoms with Gasteiger partial charge in [0.2, 0.25) is 0 Å². The number of nitrogens with one attached hydrogen (secondary N) is 1. The molecule has 1 aliphatic heterocycles. The van der Waals surface area contributed by atoms with Crippen molar-refractivity contribution in [1.29, 1.82) is 0 Å². The number of nitrogens with two attached hydrogens (primary N) is 1. The lowest BCUT2D eigenvalue weighted by molar-refractivity contribution is -0.0434. The molecule has 0 bridgehead atoms. The first-order chi connectivity index (χ1) is 7.70. The Hall–Kier alpha value is -1.44. The molecule has 0 aliphatic carbocycles. The van der Waals surface area contributed by atoms with Gasteiger partial charge < -0.3 is 9.57 Å². The Kier molecular flexibility index (Phi) is 3.18. The number of rotatable bonds is 3. The van der Waals surface area contributed by atoms with Crippen molar-refractivity contribution in [3.8, 4) is 0 Å². The zero-order valence-corrected chi connectivity index (χ0v) is 8.59. The van der Waals surface area contributed by atoms with E-state index in [0.29, 0.717) is 13.0 Å². The third-order valence-corrected chi connectivity index (χ3v) is 2.53. The summed E-state index contributed by atoms with van der Waals surface area (Å²) in [6, 6.07) is 1.29. The second-order valence-corrected chi connectivity index (χ2v) is 3.64. The van der Waals surface area contributed by atoms with Crippen LogP contribution < -0.4 is 17.1 Å². The summed E-state index contributed by atoms with van der Waals surface area (Å²) in [5.74, 6) is 4.95. The Labute approximate surface area is 90.7 Å². The van der Waals surface area contributed by atoms with Gasteiger partial charge in [0.15, 0.2) is 0 Å². The lowest BCUT2D eigenvalue weighted by Crippen LogP contribution is -2.31. The molecule has 0 aromatic carbocycles. The normalized spacial score (nSPS) is 24.8. The molecule has 2 atom stereocenters. The van der Waals surface area contributed by atoms with Gasteiger partial charge in [-0.3, -0.25) is 14.3 Å². The molecular formula is C9H13N3O4. The van der Waals surface area contributed by atoms with Crippen molar-refractivity contribution in [2.24, 2.45) is 5.90 Å². The van der Waals surface area contributed by atoms with E-state index in [1.54, 1.807) is 0 Å². The lowest BCUT2D eigenvalue weighted by atomic mass is 10.2. The number of H-pyrrole nitrogens is 1. The summed E-state index contributed by atoms with van der Waals surface area (Å²) in [5.41, 5.74) is -0.882. The largest absolute Gasteiger partial charge is 0.352 e. The third-order valence-electron chi connectivity index (χ3n) is 2.53. The summed E-state index contributed by atoms with van der Waals surface area (Å²) in [5, 5.41) is 0. The highest BCUT2D eigenvalue weighted by Crippen LogP contribution is 2.26. The fraction of sp³-hybridized carbons (Fsp3) is 0.556. The SMILES string of the molecule is NOCC1CCC(n2ccc(=O)[nH]c2=O)O1. The van der Waals surface area contributed by atoms with E-state index in [1.165, 1.54) is 16.8 Å². The minimum Gasteiger partial charge on any atom is -0.352 e. The molecule has 7 nitrogen and oxygen atoms in total. The van der Waals surface area contributed by atoms with Crippen LogP contribution in [0.15, 0.2) is 21.9 Å². The summed E-state index contributed by atoms with van der Waals surface area (Å²) in [4.78, 5) is 29.0. The molecule has 7 heteroatoms. The van der Waals surface area contributed by atoms with Crippen molar-refractivity contribution in [3.63, 3.8) is 0 Å². The number of aromatic amines is 1. The van der Waals surface area contributed by atoms with Crippen molar-refractivity contribution in [2.45, 2.75) is 25.2 Å². The van der Waals surface area contributed by atoms with E-state index >= 15 is 0 Å². The third kappa shape index (κ3) is 2.21. The van der Waals surface area contributed by atoms with E-state index in [2.05, 4.69) is 9.82 Å². The highest BCUT2D eigenvalue weighted by molar-refractivity contribution is 4.85. The molecule has 88 valence electrons. The smallest absolute Gasteiger partial charge is 0.330 e. The molecule has 0 spiro atoms. The second-order valence-electron chi connectivity index (χ2n) is 3.64. The molecule has 0 radical (unpaired) electrons. The van der Waals surface area contributed by atoms with E-state index in [9.17, 15) is 9.59 Å². The van der Waals surface area contributed by atoms with Gasteiger partial charge in [-0.15, -0.1) is 0 Å².